The third-order valence-electron chi connectivity index (χ3n) is 1.74. The fraction of sp³-hybridized carbons (Fsp3) is 0.455. The van der Waals surface area contributed by atoms with E-state index in [0.717, 1.165) is 0 Å². The largest absolute Gasteiger partial charge is 0.379 e. The van der Waals surface area contributed by atoms with Gasteiger partial charge in [-0.25, -0.2) is 0 Å². The van der Waals surface area contributed by atoms with Gasteiger partial charge in [0, 0.05) is 5.92 Å². The summed E-state index contributed by atoms with van der Waals surface area (Å²) in [5.41, 5.74) is 3.17. The summed E-state index contributed by atoms with van der Waals surface area (Å²) in [6.07, 6.45) is 7.32. The molecule has 1 N–H and O–H groups in total. The molecule has 0 fully saturated rings. The lowest BCUT2D eigenvalue weighted by Gasteiger charge is -2.09. The standard InChI is InChI=1S/C11H16OSi/c1-13(2,3)9-8-11(12)10-6-4-5-7-10/h4-7,10-12H,1-3H3. The van der Waals surface area contributed by atoms with Crippen LogP contribution in [0.1, 0.15) is 0 Å². The highest BCUT2D eigenvalue weighted by Crippen LogP contribution is 2.13. The van der Waals surface area contributed by atoms with Gasteiger partial charge in [-0.3, -0.25) is 0 Å². The van der Waals surface area contributed by atoms with E-state index in [2.05, 4.69) is 31.1 Å². The average Bonchev–Trinajstić information content (AvgIpc) is 2.50. The van der Waals surface area contributed by atoms with Gasteiger partial charge in [-0.1, -0.05) is 49.9 Å². The van der Waals surface area contributed by atoms with Crippen LogP contribution in [-0.4, -0.2) is 19.3 Å². The molecule has 0 radical (unpaired) electrons. The van der Waals surface area contributed by atoms with E-state index in [1.165, 1.54) is 0 Å². The molecule has 1 atom stereocenters. The van der Waals surface area contributed by atoms with E-state index in [1.54, 1.807) is 0 Å². The summed E-state index contributed by atoms with van der Waals surface area (Å²) in [5.74, 6) is 3.03. The molecule has 0 saturated carbocycles. The van der Waals surface area contributed by atoms with E-state index < -0.39 is 14.2 Å². The van der Waals surface area contributed by atoms with Gasteiger partial charge in [0.05, 0.1) is 0 Å². The Morgan fingerprint density at radius 2 is 1.77 bits per heavy atom. The molecule has 2 heteroatoms. The number of rotatable bonds is 1. The molecule has 1 aliphatic rings. The van der Waals surface area contributed by atoms with Crippen molar-refractivity contribution in [2.45, 2.75) is 25.7 Å². The highest BCUT2D eigenvalue weighted by atomic mass is 28.3. The molecule has 0 spiro atoms. The quantitative estimate of drug-likeness (QED) is 0.497. The number of hydrogen-bond donors (Lipinski definition) is 1. The van der Waals surface area contributed by atoms with Gasteiger partial charge in [-0.15, -0.1) is 5.54 Å². The van der Waals surface area contributed by atoms with Gasteiger partial charge >= 0.3 is 0 Å². The molecule has 0 aromatic carbocycles. The molecule has 13 heavy (non-hydrogen) atoms. The predicted molar refractivity (Wildman–Crippen MR) is 58.9 cm³/mol. The van der Waals surface area contributed by atoms with Crippen LogP contribution in [0.4, 0.5) is 0 Å². The van der Waals surface area contributed by atoms with Crippen LogP contribution in [0.25, 0.3) is 0 Å². The van der Waals surface area contributed by atoms with Crippen LogP contribution < -0.4 is 0 Å². The Kier molecular flexibility index (Phi) is 3.13. The summed E-state index contributed by atoms with van der Waals surface area (Å²) in [5, 5.41) is 9.66. The second kappa shape index (κ2) is 3.95. The van der Waals surface area contributed by atoms with Crippen molar-refractivity contribution in [1.82, 2.24) is 0 Å². The van der Waals surface area contributed by atoms with Gasteiger partial charge in [0.2, 0.25) is 0 Å². The first-order valence-corrected chi connectivity index (χ1v) is 8.05. The molecular formula is C11H16OSi. The molecule has 0 saturated heterocycles. The first-order valence-electron chi connectivity index (χ1n) is 4.55. The Morgan fingerprint density at radius 1 is 1.23 bits per heavy atom. The third kappa shape index (κ3) is 3.62. The maximum absolute atomic E-state index is 9.66. The molecule has 1 nitrogen and oxygen atoms in total. The lowest BCUT2D eigenvalue weighted by atomic mass is 10.1. The van der Waals surface area contributed by atoms with E-state index >= 15 is 0 Å². The van der Waals surface area contributed by atoms with Crippen molar-refractivity contribution in [3.05, 3.63) is 24.3 Å². The van der Waals surface area contributed by atoms with Crippen molar-refractivity contribution in [3.8, 4) is 11.5 Å². The normalized spacial score (nSPS) is 18.5. The van der Waals surface area contributed by atoms with Crippen LogP contribution in [0.2, 0.25) is 19.6 Å². The maximum Gasteiger partial charge on any atom is 0.129 e. The van der Waals surface area contributed by atoms with Crippen LogP contribution in [0, 0.1) is 17.4 Å². The van der Waals surface area contributed by atoms with E-state index in [0.29, 0.717) is 0 Å². The smallest absolute Gasteiger partial charge is 0.129 e. The number of aliphatic hydroxyl groups is 1. The second-order valence-electron chi connectivity index (χ2n) is 4.31. The number of hydrogen-bond acceptors (Lipinski definition) is 1. The van der Waals surface area contributed by atoms with Gasteiger partial charge in [0.1, 0.15) is 14.2 Å². The average molecular weight is 192 g/mol. The van der Waals surface area contributed by atoms with Gasteiger partial charge in [-0.05, 0) is 0 Å². The summed E-state index contributed by atoms with van der Waals surface area (Å²) in [6.45, 7) is 6.52. The highest BCUT2D eigenvalue weighted by Gasteiger charge is 2.14. The molecule has 1 aliphatic carbocycles. The van der Waals surface area contributed by atoms with Crippen molar-refractivity contribution in [2.24, 2.45) is 5.92 Å². The molecule has 0 amide bonds. The molecule has 0 aromatic heterocycles. The molecule has 1 unspecified atom stereocenters. The van der Waals surface area contributed by atoms with Crippen LogP contribution >= 0.6 is 0 Å². The molecule has 1 rings (SSSR count). The zero-order valence-corrected chi connectivity index (χ0v) is 9.41. The first kappa shape index (κ1) is 10.3. The summed E-state index contributed by atoms with van der Waals surface area (Å²) >= 11 is 0. The summed E-state index contributed by atoms with van der Waals surface area (Å²) in [4.78, 5) is 0. The Labute approximate surface area is 81.2 Å². The zero-order valence-electron chi connectivity index (χ0n) is 8.41. The second-order valence-corrected chi connectivity index (χ2v) is 9.06. The highest BCUT2D eigenvalue weighted by molar-refractivity contribution is 6.83. The van der Waals surface area contributed by atoms with Gasteiger partial charge < -0.3 is 5.11 Å². The number of allylic oxidation sites excluding steroid dienone is 2. The monoisotopic (exact) mass is 192 g/mol. The van der Waals surface area contributed by atoms with Crippen LogP contribution in [0.5, 0.6) is 0 Å². The molecule has 0 heterocycles. The van der Waals surface area contributed by atoms with Crippen LogP contribution in [0.15, 0.2) is 24.3 Å². The fourth-order valence-electron chi connectivity index (χ4n) is 1.05. The first-order chi connectivity index (χ1) is 5.99. The van der Waals surface area contributed by atoms with Gasteiger partial charge in [0.15, 0.2) is 0 Å². The zero-order chi connectivity index (χ0) is 9.90. The van der Waals surface area contributed by atoms with Crippen molar-refractivity contribution in [3.63, 3.8) is 0 Å². The van der Waals surface area contributed by atoms with E-state index in [9.17, 15) is 5.11 Å². The lowest BCUT2D eigenvalue weighted by molar-refractivity contribution is 0.207. The Balaban J connectivity index is 2.57. The fourth-order valence-corrected chi connectivity index (χ4v) is 1.63. The Bertz CT molecular complexity index is 273. The van der Waals surface area contributed by atoms with Crippen molar-refractivity contribution in [1.29, 1.82) is 0 Å². The molecule has 0 aliphatic heterocycles. The van der Waals surface area contributed by atoms with E-state index in [4.69, 9.17) is 0 Å². The van der Waals surface area contributed by atoms with Crippen molar-refractivity contribution in [2.75, 3.05) is 0 Å². The summed E-state index contributed by atoms with van der Waals surface area (Å²) in [6, 6.07) is 0. The minimum Gasteiger partial charge on any atom is -0.379 e. The summed E-state index contributed by atoms with van der Waals surface area (Å²) in [7, 11) is -1.34. The van der Waals surface area contributed by atoms with Crippen LogP contribution in [0.3, 0.4) is 0 Å². The van der Waals surface area contributed by atoms with E-state index in [-0.39, 0.29) is 5.92 Å². The Morgan fingerprint density at radius 3 is 2.23 bits per heavy atom. The molecule has 0 aromatic rings. The van der Waals surface area contributed by atoms with Gasteiger partial charge in [-0.2, -0.15) is 0 Å². The Hall–Kier alpha value is -0.783. The maximum atomic E-state index is 9.66. The van der Waals surface area contributed by atoms with E-state index in [1.807, 2.05) is 24.3 Å². The van der Waals surface area contributed by atoms with Gasteiger partial charge in [0.25, 0.3) is 0 Å². The number of aliphatic hydroxyl groups excluding tert-OH is 1. The molecular weight excluding hydrogens is 176 g/mol. The molecule has 70 valence electrons. The SMILES string of the molecule is C[Si](C)(C)C#CC(O)C1C=CC=C1. The predicted octanol–water partition coefficient (Wildman–Crippen LogP) is 1.97. The lowest BCUT2D eigenvalue weighted by Crippen LogP contribution is -2.19. The minimum absolute atomic E-state index is 0.101. The van der Waals surface area contributed by atoms with Crippen molar-refractivity contribution >= 4 is 8.07 Å². The van der Waals surface area contributed by atoms with Crippen molar-refractivity contribution < 1.29 is 5.11 Å². The summed E-state index contributed by atoms with van der Waals surface area (Å²) < 4.78 is 0. The minimum atomic E-state index is -1.34. The van der Waals surface area contributed by atoms with Crippen LogP contribution in [-0.2, 0) is 0 Å². The third-order valence-corrected chi connectivity index (χ3v) is 2.63. The molecule has 0 bridgehead atoms. The topological polar surface area (TPSA) is 20.2 Å².